The summed E-state index contributed by atoms with van der Waals surface area (Å²) in [5.74, 6) is 0.175. The first-order chi connectivity index (χ1) is 10.1. The molecule has 1 aliphatic rings. The monoisotopic (exact) mass is 286 g/mol. The van der Waals surface area contributed by atoms with Crippen molar-refractivity contribution in [2.45, 2.75) is 19.3 Å². The van der Waals surface area contributed by atoms with E-state index in [1.807, 2.05) is 24.3 Å². The summed E-state index contributed by atoms with van der Waals surface area (Å²) in [5.41, 5.74) is -0.0940. The molecule has 2 aromatic rings. The Bertz CT molecular complexity index is 723. The minimum Gasteiger partial charge on any atom is -0.481 e. The van der Waals surface area contributed by atoms with Crippen LogP contribution in [-0.2, 0) is 4.79 Å². The summed E-state index contributed by atoms with van der Waals surface area (Å²) < 4.78 is 0. The van der Waals surface area contributed by atoms with Crippen molar-refractivity contribution >= 4 is 22.6 Å². The highest BCUT2D eigenvalue weighted by Gasteiger charge is 2.23. The van der Waals surface area contributed by atoms with Crippen LogP contribution in [0.25, 0.3) is 10.8 Å². The summed E-state index contributed by atoms with van der Waals surface area (Å²) in [7, 11) is 0. The predicted molar refractivity (Wildman–Crippen MR) is 81.8 cm³/mol. The fraction of sp³-hybridized carbons (Fsp3) is 0.375. The number of aromatic nitrogens is 1. The van der Waals surface area contributed by atoms with Gasteiger partial charge in [-0.3, -0.25) is 9.59 Å². The lowest BCUT2D eigenvalue weighted by atomic mass is 9.95. The second-order valence-electron chi connectivity index (χ2n) is 5.62. The molecule has 0 saturated carbocycles. The molecule has 0 aliphatic carbocycles. The number of carboxylic acid groups (broad SMARTS) is 1. The quantitative estimate of drug-likeness (QED) is 0.907. The molecule has 110 valence electrons. The van der Waals surface area contributed by atoms with Crippen molar-refractivity contribution in [1.82, 2.24) is 4.98 Å². The number of piperidine rings is 1. The molecule has 1 saturated heterocycles. The van der Waals surface area contributed by atoms with Gasteiger partial charge in [0.1, 0.15) is 5.82 Å². The zero-order valence-electron chi connectivity index (χ0n) is 11.7. The van der Waals surface area contributed by atoms with Crippen LogP contribution in [0.1, 0.15) is 19.3 Å². The van der Waals surface area contributed by atoms with Gasteiger partial charge in [-0.05, 0) is 36.3 Å². The summed E-state index contributed by atoms with van der Waals surface area (Å²) in [6.45, 7) is 1.53. The number of H-pyrrole nitrogens is 1. The average Bonchev–Trinajstić information content (AvgIpc) is 2.47. The van der Waals surface area contributed by atoms with E-state index in [4.69, 9.17) is 5.11 Å². The molecule has 0 amide bonds. The Morgan fingerprint density at radius 1 is 1.38 bits per heavy atom. The molecular weight excluding hydrogens is 268 g/mol. The van der Waals surface area contributed by atoms with Crippen molar-refractivity contribution < 1.29 is 9.90 Å². The van der Waals surface area contributed by atoms with E-state index in [0.717, 1.165) is 30.6 Å². The number of rotatable bonds is 3. The molecule has 5 heteroatoms. The van der Waals surface area contributed by atoms with Crippen LogP contribution < -0.4 is 10.5 Å². The lowest BCUT2D eigenvalue weighted by Crippen LogP contribution is -2.37. The average molecular weight is 286 g/mol. The van der Waals surface area contributed by atoms with Crippen LogP contribution in [0.3, 0.4) is 0 Å². The van der Waals surface area contributed by atoms with Gasteiger partial charge >= 0.3 is 5.97 Å². The fourth-order valence-corrected chi connectivity index (χ4v) is 3.06. The highest BCUT2D eigenvalue weighted by Crippen LogP contribution is 2.24. The van der Waals surface area contributed by atoms with E-state index in [1.165, 1.54) is 0 Å². The Hall–Kier alpha value is -2.30. The summed E-state index contributed by atoms with van der Waals surface area (Å²) >= 11 is 0. The zero-order chi connectivity index (χ0) is 14.8. The molecule has 1 aliphatic heterocycles. The van der Waals surface area contributed by atoms with Crippen molar-refractivity contribution in [3.8, 4) is 0 Å². The molecule has 5 nitrogen and oxygen atoms in total. The number of nitrogens with one attached hydrogen (secondary N) is 1. The van der Waals surface area contributed by atoms with Crippen LogP contribution in [0.5, 0.6) is 0 Å². The molecule has 0 radical (unpaired) electrons. The van der Waals surface area contributed by atoms with Crippen molar-refractivity contribution in [1.29, 1.82) is 0 Å². The molecular formula is C16H18N2O3. The number of aliphatic carboxylic acids is 1. The van der Waals surface area contributed by atoms with Crippen LogP contribution in [-0.4, -0.2) is 29.1 Å². The first-order valence-corrected chi connectivity index (χ1v) is 7.22. The smallest absolute Gasteiger partial charge is 0.303 e. The summed E-state index contributed by atoms with van der Waals surface area (Å²) in [6.07, 6.45) is 2.07. The number of carbonyl (C=O) groups is 1. The van der Waals surface area contributed by atoms with Crippen LogP contribution in [0.2, 0.25) is 0 Å². The molecule has 1 atom stereocenters. The molecule has 21 heavy (non-hydrogen) atoms. The Kier molecular flexibility index (Phi) is 3.64. The molecule has 0 bridgehead atoms. The first-order valence-electron chi connectivity index (χ1n) is 7.22. The first kappa shape index (κ1) is 13.7. The predicted octanol–water partition coefficient (Wildman–Crippen LogP) is 2.22. The Morgan fingerprint density at radius 2 is 2.19 bits per heavy atom. The number of hydrogen-bond acceptors (Lipinski definition) is 3. The van der Waals surface area contributed by atoms with Crippen LogP contribution in [0, 0.1) is 5.92 Å². The molecule has 1 aromatic carbocycles. The van der Waals surface area contributed by atoms with Gasteiger partial charge in [0.2, 0.25) is 0 Å². The van der Waals surface area contributed by atoms with E-state index in [9.17, 15) is 9.59 Å². The molecule has 1 fully saturated rings. The maximum atomic E-state index is 12.1. The highest BCUT2D eigenvalue weighted by molar-refractivity contribution is 5.83. The van der Waals surface area contributed by atoms with Crippen molar-refractivity contribution in [3.05, 3.63) is 40.7 Å². The normalized spacial score (nSPS) is 18.9. The number of pyridine rings is 1. The molecule has 1 unspecified atom stereocenters. The molecule has 3 rings (SSSR count). The minimum absolute atomic E-state index is 0.0940. The largest absolute Gasteiger partial charge is 0.481 e. The number of nitrogens with zero attached hydrogens (tertiary/aromatic N) is 1. The number of hydrogen-bond donors (Lipinski definition) is 2. The Labute approximate surface area is 122 Å². The summed E-state index contributed by atoms with van der Waals surface area (Å²) in [4.78, 5) is 28.0. The van der Waals surface area contributed by atoms with Gasteiger partial charge in [-0.25, -0.2) is 0 Å². The maximum Gasteiger partial charge on any atom is 0.303 e. The topological polar surface area (TPSA) is 73.4 Å². The van der Waals surface area contributed by atoms with E-state index in [-0.39, 0.29) is 17.9 Å². The van der Waals surface area contributed by atoms with E-state index in [0.29, 0.717) is 11.9 Å². The van der Waals surface area contributed by atoms with Crippen LogP contribution in [0.4, 0.5) is 5.82 Å². The van der Waals surface area contributed by atoms with E-state index >= 15 is 0 Å². The van der Waals surface area contributed by atoms with Gasteiger partial charge in [0.25, 0.3) is 5.56 Å². The molecule has 2 heterocycles. The zero-order valence-corrected chi connectivity index (χ0v) is 11.7. The number of benzene rings is 1. The van der Waals surface area contributed by atoms with E-state index in [2.05, 4.69) is 9.88 Å². The number of aromatic amines is 1. The maximum absolute atomic E-state index is 12.1. The highest BCUT2D eigenvalue weighted by atomic mass is 16.4. The molecule has 0 spiro atoms. The summed E-state index contributed by atoms with van der Waals surface area (Å²) in [5, 5.41) is 10.5. The Morgan fingerprint density at radius 3 is 3.00 bits per heavy atom. The van der Waals surface area contributed by atoms with Crippen molar-refractivity contribution in [3.63, 3.8) is 0 Å². The van der Waals surface area contributed by atoms with Gasteiger partial charge in [0.05, 0.1) is 0 Å². The van der Waals surface area contributed by atoms with Crippen molar-refractivity contribution in [2.75, 3.05) is 18.0 Å². The fourth-order valence-electron chi connectivity index (χ4n) is 3.06. The van der Waals surface area contributed by atoms with Gasteiger partial charge < -0.3 is 15.0 Å². The van der Waals surface area contributed by atoms with Crippen LogP contribution >= 0.6 is 0 Å². The number of fused-ring (bicyclic) bond motifs is 1. The van der Waals surface area contributed by atoms with Gasteiger partial charge in [0.15, 0.2) is 0 Å². The van der Waals surface area contributed by atoms with Gasteiger partial charge in [-0.2, -0.15) is 0 Å². The SMILES string of the molecule is O=C(O)CC1CCCN(c2cc3ccccc3c(=O)[nH]2)C1. The molecule has 1 aromatic heterocycles. The van der Waals surface area contributed by atoms with Crippen molar-refractivity contribution in [2.24, 2.45) is 5.92 Å². The van der Waals surface area contributed by atoms with Crippen LogP contribution in [0.15, 0.2) is 35.1 Å². The standard InChI is InChI=1S/C16H18N2O3/c19-15(20)8-11-4-3-7-18(10-11)14-9-12-5-1-2-6-13(12)16(21)17-14/h1-2,5-6,9,11H,3-4,7-8,10H2,(H,17,21)(H,19,20). The second-order valence-corrected chi connectivity index (χ2v) is 5.62. The Balaban J connectivity index is 1.89. The van der Waals surface area contributed by atoms with Gasteiger partial charge in [-0.15, -0.1) is 0 Å². The third-order valence-electron chi connectivity index (χ3n) is 4.06. The lowest BCUT2D eigenvalue weighted by molar-refractivity contribution is -0.138. The number of anilines is 1. The van der Waals surface area contributed by atoms with E-state index < -0.39 is 5.97 Å². The number of carboxylic acids is 1. The minimum atomic E-state index is -0.756. The third-order valence-corrected chi connectivity index (χ3v) is 4.06. The van der Waals surface area contributed by atoms with Gasteiger partial charge in [0, 0.05) is 24.9 Å². The van der Waals surface area contributed by atoms with E-state index in [1.54, 1.807) is 6.07 Å². The lowest BCUT2D eigenvalue weighted by Gasteiger charge is -2.33. The second kappa shape index (κ2) is 5.60. The summed E-state index contributed by atoms with van der Waals surface area (Å²) in [6, 6.07) is 9.46. The molecule has 2 N–H and O–H groups in total. The third kappa shape index (κ3) is 2.91. The van der Waals surface area contributed by atoms with Gasteiger partial charge in [-0.1, -0.05) is 18.2 Å².